The molecule has 0 atom stereocenters. The van der Waals surface area contributed by atoms with Crippen molar-refractivity contribution in [2.45, 2.75) is 39.0 Å². The zero-order chi connectivity index (χ0) is 7.66. The summed E-state index contributed by atoms with van der Waals surface area (Å²) in [5, 5.41) is 0. The quantitative estimate of drug-likeness (QED) is 0.420. The van der Waals surface area contributed by atoms with Gasteiger partial charge in [-0.2, -0.15) is 0 Å². The lowest BCUT2D eigenvalue weighted by Crippen LogP contribution is -1.79. The predicted octanol–water partition coefficient (Wildman–Crippen LogP) is 2.24. The highest BCUT2D eigenvalue weighted by molar-refractivity contribution is 4.98. The molecule has 0 amide bonds. The van der Waals surface area contributed by atoms with Crippen molar-refractivity contribution in [2.75, 3.05) is 6.54 Å². The fourth-order valence-corrected chi connectivity index (χ4v) is 0.703. The Morgan fingerprint density at radius 2 is 1.80 bits per heavy atom. The van der Waals surface area contributed by atoms with Gasteiger partial charge in [-0.15, -0.1) is 11.8 Å². The van der Waals surface area contributed by atoms with E-state index < -0.39 is 0 Å². The minimum absolute atomic E-state index is 0.445. The largest absolute Gasteiger partial charge is 0.257 e. The summed E-state index contributed by atoms with van der Waals surface area (Å²) in [6.07, 6.45) is 5.54. The van der Waals surface area contributed by atoms with E-state index >= 15 is 0 Å². The van der Waals surface area contributed by atoms with Crippen molar-refractivity contribution in [3.63, 3.8) is 0 Å². The maximum absolute atomic E-state index is 6.82. The molecule has 0 saturated heterocycles. The third kappa shape index (κ3) is 7.52. The van der Waals surface area contributed by atoms with Gasteiger partial charge in [0.05, 0.1) is 0 Å². The molecule has 0 fully saturated rings. The molecular weight excluding hydrogens is 122 g/mol. The highest BCUT2D eigenvalue weighted by Crippen LogP contribution is 1.96. The molecule has 0 saturated carbocycles. The first-order valence-electron chi connectivity index (χ1n) is 4.02. The Morgan fingerprint density at radius 1 is 1.10 bits per heavy atom. The van der Waals surface area contributed by atoms with Crippen molar-refractivity contribution in [3.8, 4) is 11.8 Å². The van der Waals surface area contributed by atoms with E-state index in [0.717, 1.165) is 12.8 Å². The van der Waals surface area contributed by atoms with Crippen LogP contribution in [0.5, 0.6) is 0 Å². The fourth-order valence-electron chi connectivity index (χ4n) is 0.703. The van der Waals surface area contributed by atoms with Gasteiger partial charge in [-0.25, -0.2) is 0 Å². The maximum atomic E-state index is 6.82. The Bertz CT molecular complexity index is 108. The van der Waals surface area contributed by atoms with Crippen LogP contribution in [0, 0.1) is 11.8 Å². The normalized spacial score (nSPS) is 8.60. The van der Waals surface area contributed by atoms with Crippen LogP contribution in [-0.4, -0.2) is 6.54 Å². The molecule has 10 heavy (non-hydrogen) atoms. The maximum Gasteiger partial charge on any atom is 0.0228 e. The standard InChI is InChI=1S/C9H16N/c1-2-3-4-5-6-7-8-9-10/h10H,2-5,8-9H2,1H3. The molecule has 0 aliphatic carbocycles. The van der Waals surface area contributed by atoms with Gasteiger partial charge in [0.2, 0.25) is 0 Å². The zero-order valence-corrected chi connectivity index (χ0v) is 6.74. The van der Waals surface area contributed by atoms with E-state index in [1.165, 1.54) is 19.3 Å². The lowest BCUT2D eigenvalue weighted by Gasteiger charge is -1.87. The molecule has 1 N–H and O–H groups in total. The molecule has 0 aliphatic heterocycles. The van der Waals surface area contributed by atoms with Crippen LogP contribution in [0.2, 0.25) is 0 Å². The number of hydrogen-bond acceptors (Lipinski definition) is 0. The molecule has 0 heterocycles. The van der Waals surface area contributed by atoms with Gasteiger partial charge >= 0.3 is 0 Å². The van der Waals surface area contributed by atoms with Gasteiger partial charge in [0.15, 0.2) is 0 Å². The molecule has 1 radical (unpaired) electrons. The van der Waals surface area contributed by atoms with E-state index in [0.29, 0.717) is 6.54 Å². The lowest BCUT2D eigenvalue weighted by molar-refractivity contribution is 0.737. The summed E-state index contributed by atoms with van der Waals surface area (Å²) < 4.78 is 0. The average Bonchev–Trinajstić information content (AvgIpc) is 1.97. The van der Waals surface area contributed by atoms with Crippen LogP contribution in [0.1, 0.15) is 39.0 Å². The minimum atomic E-state index is 0.445. The Balaban J connectivity index is 2.96. The highest BCUT2D eigenvalue weighted by atomic mass is 14.5. The van der Waals surface area contributed by atoms with Gasteiger partial charge in [-0.3, -0.25) is 5.73 Å². The lowest BCUT2D eigenvalue weighted by atomic mass is 10.2. The van der Waals surface area contributed by atoms with Gasteiger partial charge in [0, 0.05) is 19.4 Å². The van der Waals surface area contributed by atoms with Crippen LogP contribution in [0.3, 0.4) is 0 Å². The van der Waals surface area contributed by atoms with Crippen molar-refractivity contribution in [1.29, 1.82) is 0 Å². The fraction of sp³-hybridized carbons (Fsp3) is 0.778. The summed E-state index contributed by atoms with van der Waals surface area (Å²) in [6, 6.07) is 0. The molecule has 0 rings (SSSR count). The highest BCUT2D eigenvalue weighted by Gasteiger charge is 1.79. The molecule has 0 aromatic carbocycles. The summed E-state index contributed by atoms with van der Waals surface area (Å²) in [7, 11) is 0. The number of unbranched alkanes of at least 4 members (excludes halogenated alkanes) is 3. The number of rotatable bonds is 4. The third-order valence-electron chi connectivity index (χ3n) is 1.28. The monoisotopic (exact) mass is 138 g/mol. The Kier molecular flexibility index (Phi) is 8.11. The molecule has 1 nitrogen and oxygen atoms in total. The van der Waals surface area contributed by atoms with Gasteiger partial charge < -0.3 is 0 Å². The summed E-state index contributed by atoms with van der Waals surface area (Å²) in [5.41, 5.74) is 6.82. The van der Waals surface area contributed by atoms with Crippen LogP contribution >= 0.6 is 0 Å². The second-order valence-corrected chi connectivity index (χ2v) is 2.31. The van der Waals surface area contributed by atoms with E-state index in [2.05, 4.69) is 18.8 Å². The van der Waals surface area contributed by atoms with E-state index in [4.69, 9.17) is 5.73 Å². The summed E-state index contributed by atoms with van der Waals surface area (Å²) in [5.74, 6) is 6.01. The summed E-state index contributed by atoms with van der Waals surface area (Å²) in [6.45, 7) is 2.64. The van der Waals surface area contributed by atoms with Gasteiger partial charge in [-0.05, 0) is 6.42 Å². The third-order valence-corrected chi connectivity index (χ3v) is 1.28. The van der Waals surface area contributed by atoms with Gasteiger partial charge in [-0.1, -0.05) is 19.8 Å². The van der Waals surface area contributed by atoms with Crippen molar-refractivity contribution in [2.24, 2.45) is 0 Å². The van der Waals surface area contributed by atoms with E-state index in [9.17, 15) is 0 Å². The topological polar surface area (TPSA) is 23.8 Å². The smallest absolute Gasteiger partial charge is 0.0228 e. The summed E-state index contributed by atoms with van der Waals surface area (Å²) >= 11 is 0. The molecule has 0 aromatic heterocycles. The predicted molar refractivity (Wildman–Crippen MR) is 44.5 cm³/mol. The van der Waals surface area contributed by atoms with Crippen LogP contribution in [-0.2, 0) is 0 Å². The molecule has 0 aliphatic rings. The first-order chi connectivity index (χ1) is 4.91. The van der Waals surface area contributed by atoms with Crippen LogP contribution < -0.4 is 5.73 Å². The zero-order valence-electron chi connectivity index (χ0n) is 6.74. The van der Waals surface area contributed by atoms with Crippen LogP contribution in [0.4, 0.5) is 0 Å². The van der Waals surface area contributed by atoms with E-state index in [1.54, 1.807) is 0 Å². The Labute approximate surface area is 64.0 Å². The van der Waals surface area contributed by atoms with Gasteiger partial charge in [0.1, 0.15) is 0 Å². The number of hydrogen-bond donors (Lipinski definition) is 0. The van der Waals surface area contributed by atoms with Crippen molar-refractivity contribution >= 4 is 0 Å². The second-order valence-electron chi connectivity index (χ2n) is 2.31. The molecule has 57 valence electrons. The SMILES string of the molecule is CCCCCC#CCC[NH]. The van der Waals surface area contributed by atoms with Gasteiger partial charge in [0.25, 0.3) is 0 Å². The average molecular weight is 138 g/mol. The van der Waals surface area contributed by atoms with Crippen LogP contribution in [0.25, 0.3) is 0 Å². The molecule has 0 spiro atoms. The summed E-state index contributed by atoms with van der Waals surface area (Å²) in [4.78, 5) is 0. The first-order valence-corrected chi connectivity index (χ1v) is 4.02. The molecule has 1 heteroatoms. The van der Waals surface area contributed by atoms with Crippen molar-refractivity contribution in [1.82, 2.24) is 5.73 Å². The Morgan fingerprint density at radius 3 is 2.40 bits per heavy atom. The second kappa shape index (κ2) is 8.52. The van der Waals surface area contributed by atoms with Crippen LogP contribution in [0.15, 0.2) is 0 Å². The molecule has 0 bridgehead atoms. The molecule has 0 unspecified atom stereocenters. The molecule has 0 aromatic rings. The molecular formula is C9H16N. The van der Waals surface area contributed by atoms with Crippen molar-refractivity contribution in [3.05, 3.63) is 0 Å². The van der Waals surface area contributed by atoms with Crippen molar-refractivity contribution < 1.29 is 0 Å². The first kappa shape index (κ1) is 9.52. The Hall–Kier alpha value is -0.480. The van der Waals surface area contributed by atoms with E-state index in [-0.39, 0.29) is 0 Å². The minimum Gasteiger partial charge on any atom is -0.257 e. The van der Waals surface area contributed by atoms with E-state index in [1.807, 2.05) is 0 Å². The number of nitrogens with one attached hydrogen (secondary N) is 1.